The quantitative estimate of drug-likeness (QED) is 0.736. The molecule has 2 aliphatic rings. The molecule has 0 aromatic heterocycles. The number of hydrogen-bond acceptors (Lipinski definition) is 3. The van der Waals surface area contributed by atoms with E-state index in [-0.39, 0.29) is 6.04 Å². The first-order valence-electron chi connectivity index (χ1n) is 9.13. The van der Waals surface area contributed by atoms with Crippen LogP contribution in [0.4, 0.5) is 5.69 Å². The Balaban J connectivity index is 1.92. The summed E-state index contributed by atoms with van der Waals surface area (Å²) in [6, 6.07) is 7.91. The van der Waals surface area contributed by atoms with Gasteiger partial charge in [0.2, 0.25) is 0 Å². The summed E-state index contributed by atoms with van der Waals surface area (Å²) in [4.78, 5) is 29.8. The van der Waals surface area contributed by atoms with Gasteiger partial charge in [-0.3, -0.25) is 9.59 Å². The number of hydrogen-bond donors (Lipinski definition) is 1. The average molecular weight is 343 g/mol. The van der Waals surface area contributed by atoms with Crippen LogP contribution < -0.4 is 10.6 Å². The van der Waals surface area contributed by atoms with Crippen molar-refractivity contribution < 1.29 is 9.59 Å². The smallest absolute Gasteiger partial charge is 0.316 e. The molecule has 5 nitrogen and oxygen atoms in total. The van der Waals surface area contributed by atoms with Crippen LogP contribution in [0.25, 0.3) is 0 Å². The molecule has 1 aromatic carbocycles. The number of fused-ring (bicyclic) bond motifs is 1. The van der Waals surface area contributed by atoms with Crippen molar-refractivity contribution in [1.29, 1.82) is 0 Å². The van der Waals surface area contributed by atoms with Gasteiger partial charge in [-0.2, -0.15) is 0 Å². The minimum atomic E-state index is -0.441. The summed E-state index contributed by atoms with van der Waals surface area (Å²) in [5.41, 5.74) is 7.32. The fourth-order valence-corrected chi connectivity index (χ4v) is 4.86. The first kappa shape index (κ1) is 17.9. The zero-order valence-electron chi connectivity index (χ0n) is 15.7. The molecule has 1 aromatic rings. The predicted molar refractivity (Wildman–Crippen MR) is 99.3 cm³/mol. The number of carbonyl (C=O) groups is 2. The topological polar surface area (TPSA) is 66.6 Å². The lowest BCUT2D eigenvalue weighted by atomic mass is 9.77. The Bertz CT molecular complexity index is 678. The van der Waals surface area contributed by atoms with E-state index in [0.29, 0.717) is 19.4 Å². The standard InChI is InChI=1S/C20H29N3O2/c1-19(2)12-15(21)13-20(3,4)23(19)18(25)17(24)22-11-7-9-14-8-5-6-10-16(14)22/h5-6,8,10,15H,7,9,11-13,21H2,1-4H3. The van der Waals surface area contributed by atoms with Crippen LogP contribution in [0.5, 0.6) is 0 Å². The largest absolute Gasteiger partial charge is 0.328 e. The van der Waals surface area contributed by atoms with Gasteiger partial charge in [0.05, 0.1) is 0 Å². The molecule has 0 radical (unpaired) electrons. The van der Waals surface area contributed by atoms with E-state index >= 15 is 0 Å². The van der Waals surface area contributed by atoms with Crippen LogP contribution in [0.1, 0.15) is 52.5 Å². The number of benzene rings is 1. The molecule has 0 unspecified atom stereocenters. The molecule has 136 valence electrons. The van der Waals surface area contributed by atoms with E-state index in [4.69, 9.17) is 5.73 Å². The van der Waals surface area contributed by atoms with E-state index in [1.54, 1.807) is 9.80 Å². The molecule has 1 saturated heterocycles. The molecule has 0 spiro atoms. The first-order valence-corrected chi connectivity index (χ1v) is 9.13. The molecule has 2 amide bonds. The van der Waals surface area contributed by atoms with E-state index in [9.17, 15) is 9.59 Å². The van der Waals surface area contributed by atoms with E-state index in [1.807, 2.05) is 52.0 Å². The minimum absolute atomic E-state index is 0.0415. The highest BCUT2D eigenvalue weighted by molar-refractivity contribution is 6.40. The van der Waals surface area contributed by atoms with Crippen molar-refractivity contribution in [2.24, 2.45) is 5.73 Å². The number of para-hydroxylation sites is 1. The summed E-state index contributed by atoms with van der Waals surface area (Å²) in [6.45, 7) is 8.61. The number of amides is 2. The Labute approximate surface area is 150 Å². The third-order valence-electron chi connectivity index (χ3n) is 5.48. The van der Waals surface area contributed by atoms with Crippen LogP contribution in [0.2, 0.25) is 0 Å². The normalized spacial score (nSPS) is 22.4. The zero-order valence-corrected chi connectivity index (χ0v) is 15.7. The van der Waals surface area contributed by atoms with Gasteiger partial charge in [-0.15, -0.1) is 0 Å². The van der Waals surface area contributed by atoms with E-state index < -0.39 is 22.9 Å². The maximum atomic E-state index is 13.2. The molecule has 25 heavy (non-hydrogen) atoms. The Hall–Kier alpha value is -1.88. The number of aryl methyl sites for hydroxylation is 1. The summed E-state index contributed by atoms with van der Waals surface area (Å²) in [5, 5.41) is 0. The van der Waals surface area contributed by atoms with Crippen molar-refractivity contribution in [2.45, 2.75) is 70.5 Å². The van der Waals surface area contributed by atoms with Crippen LogP contribution in [0.3, 0.4) is 0 Å². The lowest BCUT2D eigenvalue weighted by Gasteiger charge is -2.54. The van der Waals surface area contributed by atoms with Crippen LogP contribution in [0.15, 0.2) is 24.3 Å². The van der Waals surface area contributed by atoms with Crippen molar-refractivity contribution >= 4 is 17.5 Å². The van der Waals surface area contributed by atoms with Crippen LogP contribution in [-0.2, 0) is 16.0 Å². The van der Waals surface area contributed by atoms with Crippen molar-refractivity contribution in [2.75, 3.05) is 11.4 Å². The molecule has 0 aliphatic carbocycles. The average Bonchev–Trinajstić information content (AvgIpc) is 2.50. The lowest BCUT2D eigenvalue weighted by molar-refractivity contribution is -0.157. The highest BCUT2D eigenvalue weighted by Gasteiger charge is 2.49. The molecule has 0 atom stereocenters. The van der Waals surface area contributed by atoms with E-state index in [2.05, 4.69) is 0 Å². The molecule has 0 bridgehead atoms. The van der Waals surface area contributed by atoms with Crippen molar-refractivity contribution in [3.05, 3.63) is 29.8 Å². The molecular formula is C20H29N3O2. The van der Waals surface area contributed by atoms with Gasteiger partial charge in [0, 0.05) is 29.4 Å². The van der Waals surface area contributed by atoms with Crippen LogP contribution in [0, 0.1) is 0 Å². The van der Waals surface area contributed by atoms with E-state index in [1.165, 1.54) is 0 Å². The van der Waals surface area contributed by atoms with Crippen LogP contribution in [-0.4, -0.2) is 40.4 Å². The van der Waals surface area contributed by atoms with Gasteiger partial charge in [0.15, 0.2) is 0 Å². The van der Waals surface area contributed by atoms with E-state index in [0.717, 1.165) is 24.1 Å². The third-order valence-corrected chi connectivity index (χ3v) is 5.48. The van der Waals surface area contributed by atoms with Gasteiger partial charge in [-0.25, -0.2) is 0 Å². The van der Waals surface area contributed by atoms with Crippen LogP contribution >= 0.6 is 0 Å². The van der Waals surface area contributed by atoms with Gasteiger partial charge >= 0.3 is 11.8 Å². The van der Waals surface area contributed by atoms with Gasteiger partial charge in [0.1, 0.15) is 0 Å². The number of anilines is 1. The molecule has 3 rings (SSSR count). The Kier molecular flexibility index (Phi) is 4.40. The van der Waals surface area contributed by atoms with Gasteiger partial charge in [0.25, 0.3) is 0 Å². The number of likely N-dealkylation sites (tertiary alicyclic amines) is 1. The predicted octanol–water partition coefficient (Wildman–Crippen LogP) is 2.47. The van der Waals surface area contributed by atoms with Gasteiger partial charge in [-0.05, 0) is 65.0 Å². The Morgan fingerprint density at radius 2 is 1.64 bits per heavy atom. The summed E-state index contributed by atoms with van der Waals surface area (Å²) < 4.78 is 0. The fraction of sp³-hybridized carbons (Fsp3) is 0.600. The third kappa shape index (κ3) is 3.17. The molecule has 2 N–H and O–H groups in total. The van der Waals surface area contributed by atoms with Gasteiger partial charge in [-0.1, -0.05) is 18.2 Å². The second kappa shape index (κ2) is 6.13. The molecule has 2 heterocycles. The number of nitrogens with zero attached hydrogens (tertiary/aromatic N) is 2. The molecule has 5 heteroatoms. The molecule has 2 aliphatic heterocycles. The highest BCUT2D eigenvalue weighted by atomic mass is 16.2. The zero-order chi connectivity index (χ0) is 18.4. The number of nitrogens with two attached hydrogens (primary N) is 1. The molecular weight excluding hydrogens is 314 g/mol. The van der Waals surface area contributed by atoms with Gasteiger partial charge < -0.3 is 15.5 Å². The number of piperidine rings is 1. The summed E-state index contributed by atoms with van der Waals surface area (Å²) in [5.74, 6) is -0.845. The van der Waals surface area contributed by atoms with Crippen molar-refractivity contribution in [3.8, 4) is 0 Å². The monoisotopic (exact) mass is 343 g/mol. The second-order valence-corrected chi connectivity index (χ2v) is 8.62. The molecule has 1 fully saturated rings. The SMILES string of the molecule is CC1(C)CC(N)CC(C)(C)N1C(=O)C(=O)N1CCCc2ccccc21. The fourth-order valence-electron chi connectivity index (χ4n) is 4.86. The Morgan fingerprint density at radius 1 is 1.04 bits per heavy atom. The van der Waals surface area contributed by atoms with Crippen molar-refractivity contribution in [1.82, 2.24) is 4.90 Å². The number of carbonyl (C=O) groups excluding carboxylic acids is 2. The second-order valence-electron chi connectivity index (χ2n) is 8.62. The first-order chi connectivity index (χ1) is 11.6. The lowest BCUT2D eigenvalue weighted by Crippen LogP contribution is -2.67. The van der Waals surface area contributed by atoms with Crippen molar-refractivity contribution in [3.63, 3.8) is 0 Å². The number of rotatable bonds is 0. The summed E-state index contributed by atoms with van der Waals surface area (Å²) >= 11 is 0. The summed E-state index contributed by atoms with van der Waals surface area (Å²) in [7, 11) is 0. The summed E-state index contributed by atoms with van der Waals surface area (Å²) in [6.07, 6.45) is 3.23. The molecule has 0 saturated carbocycles. The highest BCUT2D eigenvalue weighted by Crippen LogP contribution is 2.38. The minimum Gasteiger partial charge on any atom is -0.328 e. The maximum absolute atomic E-state index is 13.2. The Morgan fingerprint density at radius 3 is 2.28 bits per heavy atom. The maximum Gasteiger partial charge on any atom is 0.316 e.